The highest BCUT2D eigenvalue weighted by Crippen LogP contribution is 2.20. The predicted molar refractivity (Wildman–Crippen MR) is 113 cm³/mol. The summed E-state index contributed by atoms with van der Waals surface area (Å²) in [6.07, 6.45) is 0.421. The van der Waals surface area contributed by atoms with Crippen LogP contribution >= 0.6 is 0 Å². The van der Waals surface area contributed by atoms with Gasteiger partial charge in [0.05, 0.1) is 11.0 Å². The van der Waals surface area contributed by atoms with Crippen molar-refractivity contribution in [2.45, 2.75) is 46.7 Å². The fourth-order valence-corrected chi connectivity index (χ4v) is 3.08. The minimum absolute atomic E-state index is 0.0373. The Morgan fingerprint density at radius 2 is 1.83 bits per heavy atom. The van der Waals surface area contributed by atoms with Crippen molar-refractivity contribution in [3.05, 3.63) is 46.9 Å². The number of fused-ring (bicyclic) bond motifs is 1. The second kappa shape index (κ2) is 9.09. The van der Waals surface area contributed by atoms with Crippen LogP contribution in [-0.2, 0) is 11.3 Å². The van der Waals surface area contributed by atoms with E-state index in [1.807, 2.05) is 27.7 Å². The molecule has 0 unspecified atom stereocenters. The largest absolute Gasteiger partial charge is 0.396 e. The Morgan fingerprint density at radius 1 is 1.21 bits per heavy atom. The number of hydrogen-bond donors (Lipinski definition) is 3. The standard InChI is InChI=1S/C21H30N4O4/c1-14(2)13-24-15-9-6-7-10-16(15)25(20(24)29)19(28)23-17(21(3,4)5)18(27)22-11-8-12-26/h6-7,9-10,17,26H,1,8,11-13H2,2-5H3,(H,22,27)(H,23,28)/t17-/m1/s1. The lowest BCUT2D eigenvalue weighted by atomic mass is 9.86. The highest BCUT2D eigenvalue weighted by atomic mass is 16.3. The van der Waals surface area contributed by atoms with Crippen LogP contribution in [0.2, 0.25) is 0 Å². The molecule has 0 fully saturated rings. The van der Waals surface area contributed by atoms with Crippen LogP contribution in [0.5, 0.6) is 0 Å². The van der Waals surface area contributed by atoms with Crippen LogP contribution in [-0.4, -0.2) is 45.4 Å². The van der Waals surface area contributed by atoms with Gasteiger partial charge in [0.2, 0.25) is 5.91 Å². The quantitative estimate of drug-likeness (QED) is 0.485. The Morgan fingerprint density at radius 3 is 2.38 bits per heavy atom. The third-order valence-electron chi connectivity index (χ3n) is 4.50. The number of aliphatic hydroxyl groups is 1. The Kier molecular flexibility index (Phi) is 7.02. The molecule has 0 spiro atoms. The zero-order valence-electron chi connectivity index (χ0n) is 17.5. The molecule has 158 valence electrons. The number of rotatable bonds is 7. The topological polar surface area (TPSA) is 105 Å². The van der Waals surface area contributed by atoms with Gasteiger partial charge in [0.25, 0.3) is 0 Å². The van der Waals surface area contributed by atoms with Crippen LogP contribution in [0.3, 0.4) is 0 Å². The maximum atomic E-state index is 13.1. The number of hydrogen-bond acceptors (Lipinski definition) is 4. The molecule has 1 heterocycles. The molecule has 2 amide bonds. The van der Waals surface area contributed by atoms with Crippen molar-refractivity contribution >= 4 is 23.0 Å². The zero-order valence-corrected chi connectivity index (χ0v) is 17.5. The van der Waals surface area contributed by atoms with E-state index in [9.17, 15) is 14.4 Å². The number of allylic oxidation sites excluding steroid dienone is 1. The lowest BCUT2D eigenvalue weighted by Gasteiger charge is -2.30. The average molecular weight is 402 g/mol. The third kappa shape index (κ3) is 5.14. The molecule has 1 aromatic heterocycles. The van der Waals surface area contributed by atoms with E-state index >= 15 is 0 Å². The van der Waals surface area contributed by atoms with E-state index in [-0.39, 0.29) is 12.5 Å². The number of carbonyl (C=O) groups is 2. The number of benzene rings is 1. The van der Waals surface area contributed by atoms with E-state index in [4.69, 9.17) is 5.11 Å². The molecule has 1 atom stereocenters. The summed E-state index contributed by atoms with van der Waals surface area (Å²) in [7, 11) is 0. The van der Waals surface area contributed by atoms with Gasteiger partial charge >= 0.3 is 11.7 Å². The monoisotopic (exact) mass is 402 g/mol. The van der Waals surface area contributed by atoms with Crippen molar-refractivity contribution in [1.29, 1.82) is 0 Å². The number of aromatic nitrogens is 2. The average Bonchev–Trinajstić information content (AvgIpc) is 2.90. The Labute approximate surface area is 170 Å². The molecule has 1 aromatic carbocycles. The number of nitrogens with zero attached hydrogens (tertiary/aromatic N) is 2. The van der Waals surface area contributed by atoms with E-state index in [2.05, 4.69) is 17.2 Å². The maximum absolute atomic E-state index is 13.1. The summed E-state index contributed by atoms with van der Waals surface area (Å²) in [4.78, 5) is 38.7. The first kappa shape index (κ1) is 22.4. The van der Waals surface area contributed by atoms with Crippen molar-refractivity contribution in [2.75, 3.05) is 13.2 Å². The van der Waals surface area contributed by atoms with Crippen LogP contribution < -0.4 is 16.3 Å². The maximum Gasteiger partial charge on any atom is 0.337 e. The van der Waals surface area contributed by atoms with E-state index in [0.717, 1.165) is 10.1 Å². The summed E-state index contributed by atoms with van der Waals surface area (Å²) in [5.74, 6) is -0.363. The van der Waals surface area contributed by atoms with Crippen molar-refractivity contribution < 1.29 is 14.7 Å². The molecule has 0 saturated heterocycles. The number of para-hydroxylation sites is 2. The van der Waals surface area contributed by atoms with E-state index < -0.39 is 23.2 Å². The molecule has 2 rings (SSSR count). The van der Waals surface area contributed by atoms with Crippen LogP contribution in [0.25, 0.3) is 11.0 Å². The Bertz CT molecular complexity index is 965. The molecular formula is C21H30N4O4. The highest BCUT2D eigenvalue weighted by molar-refractivity contribution is 5.93. The van der Waals surface area contributed by atoms with Gasteiger partial charge in [-0.25, -0.2) is 14.2 Å². The normalized spacial score (nSPS) is 12.6. The lowest BCUT2D eigenvalue weighted by molar-refractivity contribution is -0.125. The SMILES string of the molecule is C=C(C)Cn1c(=O)n(C(=O)N[C@H](C(=O)NCCCO)C(C)(C)C)c2ccccc21. The molecule has 3 N–H and O–H groups in total. The van der Waals surface area contributed by atoms with Gasteiger partial charge in [-0.15, -0.1) is 0 Å². The Hall–Kier alpha value is -2.87. The highest BCUT2D eigenvalue weighted by Gasteiger charge is 2.33. The lowest BCUT2D eigenvalue weighted by Crippen LogP contribution is -2.55. The van der Waals surface area contributed by atoms with Gasteiger partial charge in [-0.05, 0) is 30.9 Å². The van der Waals surface area contributed by atoms with Gasteiger partial charge in [-0.2, -0.15) is 0 Å². The molecule has 8 nitrogen and oxygen atoms in total. The van der Waals surface area contributed by atoms with Crippen molar-refractivity contribution in [3.63, 3.8) is 0 Å². The summed E-state index contributed by atoms with van der Waals surface area (Å²) < 4.78 is 2.54. The van der Waals surface area contributed by atoms with Gasteiger partial charge in [0.1, 0.15) is 6.04 Å². The van der Waals surface area contributed by atoms with Crippen molar-refractivity contribution in [2.24, 2.45) is 5.41 Å². The van der Waals surface area contributed by atoms with Gasteiger partial charge in [-0.1, -0.05) is 45.1 Å². The second-order valence-electron chi connectivity index (χ2n) is 8.27. The molecule has 0 aliphatic carbocycles. The summed E-state index contributed by atoms with van der Waals surface area (Å²) in [6.45, 7) is 11.7. The number of imidazole rings is 1. The second-order valence-corrected chi connectivity index (χ2v) is 8.27. The first-order chi connectivity index (χ1) is 13.6. The molecule has 2 aromatic rings. The fraction of sp³-hybridized carbons (Fsp3) is 0.476. The number of nitrogens with one attached hydrogen (secondary N) is 2. The van der Waals surface area contributed by atoms with Gasteiger partial charge in [-0.3, -0.25) is 9.36 Å². The smallest absolute Gasteiger partial charge is 0.337 e. The van der Waals surface area contributed by atoms with Gasteiger partial charge < -0.3 is 15.7 Å². The number of aliphatic hydroxyl groups excluding tert-OH is 1. The summed E-state index contributed by atoms with van der Waals surface area (Å²) in [5.41, 5.74) is 0.796. The molecule has 8 heteroatoms. The van der Waals surface area contributed by atoms with Crippen molar-refractivity contribution in [1.82, 2.24) is 19.8 Å². The predicted octanol–water partition coefficient (Wildman–Crippen LogP) is 1.85. The third-order valence-corrected chi connectivity index (χ3v) is 4.50. The molecule has 0 radical (unpaired) electrons. The molecule has 0 saturated carbocycles. The molecular weight excluding hydrogens is 372 g/mol. The number of amides is 2. The summed E-state index contributed by atoms with van der Waals surface area (Å²) in [6, 6.07) is 5.49. The molecule has 0 aliphatic rings. The van der Waals surface area contributed by atoms with Crippen LogP contribution in [0.15, 0.2) is 41.2 Å². The van der Waals surface area contributed by atoms with E-state index in [1.54, 1.807) is 24.3 Å². The first-order valence-corrected chi connectivity index (χ1v) is 9.62. The van der Waals surface area contributed by atoms with Crippen LogP contribution in [0.4, 0.5) is 4.79 Å². The minimum atomic E-state index is -0.858. The van der Waals surface area contributed by atoms with Crippen LogP contribution in [0, 0.1) is 5.41 Å². The number of carbonyl (C=O) groups excluding carboxylic acids is 2. The summed E-state index contributed by atoms with van der Waals surface area (Å²) in [5, 5.41) is 14.3. The van der Waals surface area contributed by atoms with Gasteiger partial charge in [0, 0.05) is 19.7 Å². The van der Waals surface area contributed by atoms with Crippen molar-refractivity contribution in [3.8, 4) is 0 Å². The minimum Gasteiger partial charge on any atom is -0.396 e. The van der Waals surface area contributed by atoms with E-state index in [0.29, 0.717) is 30.5 Å². The van der Waals surface area contributed by atoms with Crippen LogP contribution in [0.1, 0.15) is 34.1 Å². The first-order valence-electron chi connectivity index (χ1n) is 9.62. The molecule has 29 heavy (non-hydrogen) atoms. The van der Waals surface area contributed by atoms with E-state index in [1.165, 1.54) is 4.57 Å². The molecule has 0 aliphatic heterocycles. The molecule has 0 bridgehead atoms. The summed E-state index contributed by atoms with van der Waals surface area (Å²) >= 11 is 0. The van der Waals surface area contributed by atoms with Gasteiger partial charge in [0.15, 0.2) is 0 Å². The fourth-order valence-electron chi connectivity index (χ4n) is 3.08. The zero-order chi connectivity index (χ0) is 21.8. The Balaban J connectivity index is 2.41.